The Labute approximate surface area is 160 Å². The average Bonchev–Trinajstić information content (AvgIpc) is 2.63. The molecular weight excluding hydrogens is 340 g/mol. The first-order chi connectivity index (χ1) is 12.8. The molecule has 0 saturated heterocycles. The predicted octanol–water partition coefficient (Wildman–Crippen LogP) is 3.94. The van der Waals surface area contributed by atoms with Crippen LogP contribution in [0.4, 0.5) is 0 Å². The third-order valence-corrected chi connectivity index (χ3v) is 6.31. The standard InChI is InChI=1S/C23H28O4/c1-22(2)12-7-13-23(3)20(22)18(14-17(15-24)21(23)26)27-19(25)11-10-16-8-5-4-6-9-16/h4-6,8-11,14-15,18,20-21,26H,7,12-13H2,1-3H3. The first kappa shape index (κ1) is 19.6. The van der Waals surface area contributed by atoms with Crippen LogP contribution in [0.25, 0.3) is 6.08 Å². The molecule has 4 heteroatoms. The summed E-state index contributed by atoms with van der Waals surface area (Å²) in [6.07, 6.45) is 6.91. The topological polar surface area (TPSA) is 63.6 Å². The third-order valence-electron chi connectivity index (χ3n) is 6.31. The number of carbonyl (C=O) groups excluding carboxylic acids is 2. The molecule has 0 heterocycles. The van der Waals surface area contributed by atoms with E-state index in [9.17, 15) is 14.7 Å². The smallest absolute Gasteiger partial charge is 0.331 e. The molecule has 0 aliphatic heterocycles. The molecule has 1 fully saturated rings. The Balaban J connectivity index is 1.87. The van der Waals surface area contributed by atoms with Crippen LogP contribution >= 0.6 is 0 Å². The number of rotatable bonds is 4. The lowest BCUT2D eigenvalue weighted by molar-refractivity contribution is -0.163. The monoisotopic (exact) mass is 368 g/mol. The van der Waals surface area contributed by atoms with E-state index in [2.05, 4.69) is 13.8 Å². The maximum Gasteiger partial charge on any atom is 0.331 e. The van der Waals surface area contributed by atoms with Gasteiger partial charge < -0.3 is 9.84 Å². The second-order valence-electron chi connectivity index (χ2n) is 8.66. The summed E-state index contributed by atoms with van der Waals surface area (Å²) in [4.78, 5) is 24.0. The Bertz CT molecular complexity index is 762. The van der Waals surface area contributed by atoms with E-state index in [1.54, 1.807) is 12.2 Å². The minimum Gasteiger partial charge on any atom is -0.455 e. The number of aliphatic hydroxyl groups is 1. The first-order valence-corrected chi connectivity index (χ1v) is 9.57. The molecule has 0 amide bonds. The van der Waals surface area contributed by atoms with Gasteiger partial charge in [0, 0.05) is 23.0 Å². The first-order valence-electron chi connectivity index (χ1n) is 9.57. The number of ether oxygens (including phenoxy) is 1. The molecule has 1 N–H and O–H groups in total. The van der Waals surface area contributed by atoms with Gasteiger partial charge in [0.2, 0.25) is 0 Å². The molecule has 1 aromatic carbocycles. The van der Waals surface area contributed by atoms with E-state index in [1.807, 2.05) is 37.3 Å². The molecule has 3 rings (SSSR count). The van der Waals surface area contributed by atoms with Gasteiger partial charge in [-0.2, -0.15) is 0 Å². The van der Waals surface area contributed by atoms with Crippen molar-refractivity contribution >= 4 is 18.3 Å². The van der Waals surface area contributed by atoms with Crippen LogP contribution in [0.5, 0.6) is 0 Å². The Morgan fingerprint density at radius 2 is 1.89 bits per heavy atom. The van der Waals surface area contributed by atoms with Gasteiger partial charge in [-0.05, 0) is 36.0 Å². The van der Waals surface area contributed by atoms with E-state index in [1.165, 1.54) is 6.08 Å². The average molecular weight is 368 g/mol. The molecule has 144 valence electrons. The molecule has 0 bridgehead atoms. The Morgan fingerprint density at radius 3 is 2.56 bits per heavy atom. The summed E-state index contributed by atoms with van der Waals surface area (Å²) in [7, 11) is 0. The number of fused-ring (bicyclic) bond motifs is 1. The summed E-state index contributed by atoms with van der Waals surface area (Å²) in [6, 6.07) is 9.55. The second kappa shape index (κ2) is 7.43. The van der Waals surface area contributed by atoms with Crippen molar-refractivity contribution in [2.45, 2.75) is 52.2 Å². The lowest BCUT2D eigenvalue weighted by Crippen LogP contribution is -2.57. The summed E-state index contributed by atoms with van der Waals surface area (Å²) in [5, 5.41) is 10.8. The van der Waals surface area contributed by atoms with Crippen molar-refractivity contribution in [2.24, 2.45) is 16.7 Å². The van der Waals surface area contributed by atoms with Crippen LogP contribution in [-0.4, -0.2) is 29.6 Å². The van der Waals surface area contributed by atoms with Crippen molar-refractivity contribution in [1.29, 1.82) is 0 Å². The van der Waals surface area contributed by atoms with Gasteiger partial charge in [-0.3, -0.25) is 4.79 Å². The minimum absolute atomic E-state index is 0.0495. The highest BCUT2D eigenvalue weighted by Gasteiger charge is 2.57. The summed E-state index contributed by atoms with van der Waals surface area (Å²) in [6.45, 7) is 6.32. The Kier molecular flexibility index (Phi) is 5.38. The summed E-state index contributed by atoms with van der Waals surface area (Å²) >= 11 is 0. The van der Waals surface area contributed by atoms with Gasteiger partial charge in [0.05, 0.1) is 6.10 Å². The van der Waals surface area contributed by atoms with Gasteiger partial charge in [0.15, 0.2) is 0 Å². The zero-order valence-corrected chi connectivity index (χ0v) is 16.2. The molecule has 4 atom stereocenters. The van der Waals surface area contributed by atoms with Crippen molar-refractivity contribution in [1.82, 2.24) is 0 Å². The van der Waals surface area contributed by atoms with Gasteiger partial charge in [-0.15, -0.1) is 0 Å². The van der Waals surface area contributed by atoms with Gasteiger partial charge in [0.25, 0.3) is 0 Å². The van der Waals surface area contributed by atoms with Gasteiger partial charge in [-0.1, -0.05) is 57.5 Å². The molecule has 2 aliphatic carbocycles. The lowest BCUT2D eigenvalue weighted by atomic mass is 9.50. The van der Waals surface area contributed by atoms with Crippen molar-refractivity contribution < 1.29 is 19.4 Å². The highest BCUT2D eigenvalue weighted by Crippen LogP contribution is 2.57. The van der Waals surface area contributed by atoms with Gasteiger partial charge >= 0.3 is 5.97 Å². The summed E-state index contributed by atoms with van der Waals surface area (Å²) in [5.41, 5.74) is 0.644. The lowest BCUT2D eigenvalue weighted by Gasteiger charge is -2.56. The zero-order chi connectivity index (χ0) is 19.7. The highest BCUT2D eigenvalue weighted by atomic mass is 16.5. The number of hydrogen-bond donors (Lipinski definition) is 1. The quantitative estimate of drug-likeness (QED) is 0.497. The predicted molar refractivity (Wildman–Crippen MR) is 105 cm³/mol. The molecule has 2 aliphatic rings. The van der Waals surface area contributed by atoms with Crippen molar-refractivity contribution in [3.63, 3.8) is 0 Å². The van der Waals surface area contributed by atoms with E-state index in [4.69, 9.17) is 4.74 Å². The fraction of sp³-hybridized carbons (Fsp3) is 0.478. The molecule has 0 aromatic heterocycles. The number of aldehydes is 1. The van der Waals surface area contributed by atoms with Crippen LogP contribution < -0.4 is 0 Å². The normalized spacial score (nSPS) is 32.4. The van der Waals surface area contributed by atoms with Crippen molar-refractivity contribution in [3.05, 3.63) is 53.6 Å². The molecule has 1 aromatic rings. The van der Waals surface area contributed by atoms with E-state index in [-0.39, 0.29) is 11.3 Å². The Hall–Kier alpha value is -2.20. The summed E-state index contributed by atoms with van der Waals surface area (Å²) in [5.74, 6) is -0.489. The molecule has 1 saturated carbocycles. The molecule has 27 heavy (non-hydrogen) atoms. The number of aliphatic hydroxyl groups excluding tert-OH is 1. The Morgan fingerprint density at radius 1 is 1.19 bits per heavy atom. The number of hydrogen-bond acceptors (Lipinski definition) is 4. The van der Waals surface area contributed by atoms with Crippen LogP contribution in [0.3, 0.4) is 0 Å². The zero-order valence-electron chi connectivity index (χ0n) is 16.2. The van der Waals surface area contributed by atoms with Crippen LogP contribution in [0.2, 0.25) is 0 Å². The van der Waals surface area contributed by atoms with Crippen LogP contribution in [0.15, 0.2) is 48.1 Å². The number of benzene rings is 1. The largest absolute Gasteiger partial charge is 0.455 e. The van der Waals surface area contributed by atoms with E-state index in [0.717, 1.165) is 24.8 Å². The fourth-order valence-corrected chi connectivity index (χ4v) is 5.12. The van der Waals surface area contributed by atoms with Crippen LogP contribution in [0, 0.1) is 16.7 Å². The van der Waals surface area contributed by atoms with E-state index >= 15 is 0 Å². The molecule has 4 unspecified atom stereocenters. The van der Waals surface area contributed by atoms with Gasteiger partial charge in [0.1, 0.15) is 12.4 Å². The second-order valence-corrected chi connectivity index (χ2v) is 8.66. The number of esters is 1. The SMILES string of the molecule is CC1(C)CCCC2(C)C(O)C(C=O)=CC(OC(=O)C=Cc3ccccc3)C12. The maximum atomic E-state index is 12.5. The number of carbonyl (C=O) groups is 2. The van der Waals surface area contributed by atoms with Gasteiger partial charge in [-0.25, -0.2) is 4.79 Å². The van der Waals surface area contributed by atoms with Crippen LogP contribution in [-0.2, 0) is 14.3 Å². The molecule has 4 nitrogen and oxygen atoms in total. The molecular formula is C23H28O4. The van der Waals surface area contributed by atoms with E-state index < -0.39 is 23.6 Å². The van der Waals surface area contributed by atoms with Crippen LogP contribution in [0.1, 0.15) is 45.6 Å². The van der Waals surface area contributed by atoms with Crippen molar-refractivity contribution in [3.8, 4) is 0 Å². The molecule has 0 radical (unpaired) electrons. The highest BCUT2D eigenvalue weighted by molar-refractivity contribution is 5.87. The molecule has 0 spiro atoms. The third kappa shape index (κ3) is 3.77. The van der Waals surface area contributed by atoms with E-state index in [0.29, 0.717) is 11.9 Å². The summed E-state index contributed by atoms with van der Waals surface area (Å²) < 4.78 is 5.79. The fourth-order valence-electron chi connectivity index (χ4n) is 5.12. The van der Waals surface area contributed by atoms with Crippen molar-refractivity contribution in [2.75, 3.05) is 0 Å². The maximum absolute atomic E-state index is 12.5. The minimum atomic E-state index is -0.825.